The van der Waals surface area contributed by atoms with E-state index in [0.29, 0.717) is 47.8 Å². The molecular formula is C26H29N3O7. The minimum atomic E-state index is -0.630. The third kappa shape index (κ3) is 5.23. The third-order valence-corrected chi connectivity index (χ3v) is 5.98. The van der Waals surface area contributed by atoms with E-state index in [1.54, 1.807) is 32.0 Å². The van der Waals surface area contributed by atoms with Crippen molar-refractivity contribution in [2.24, 2.45) is 5.73 Å². The van der Waals surface area contributed by atoms with Crippen LogP contribution in [0, 0.1) is 10.1 Å². The lowest BCUT2D eigenvalue weighted by Crippen LogP contribution is -2.31. The zero-order chi connectivity index (χ0) is 26.4. The lowest BCUT2D eigenvalue weighted by Gasteiger charge is -2.33. The van der Waals surface area contributed by atoms with Gasteiger partial charge < -0.3 is 24.8 Å². The standard InChI is InChI=1S/C26H29N3O7/c1-16-20(25(30)34-3)15-21(26(31)35-4)17(2)28(16)22-11-10-18(14-23(22)29(32)33)19-8-5-6-9-24(19)36-13-7-12-27/h5-6,8-11,14H,7,12-13,15,27H2,1-4H3. The summed E-state index contributed by atoms with van der Waals surface area (Å²) in [6.45, 7) is 4.21. The van der Waals surface area contributed by atoms with Crippen LogP contribution in [0.5, 0.6) is 5.75 Å². The van der Waals surface area contributed by atoms with Crippen LogP contribution in [0.3, 0.4) is 0 Å². The van der Waals surface area contributed by atoms with Crippen molar-refractivity contribution in [3.05, 3.63) is 75.1 Å². The number of nitro benzene ring substituents is 1. The number of ether oxygens (including phenoxy) is 3. The molecule has 0 fully saturated rings. The fraction of sp³-hybridized carbons (Fsp3) is 0.308. The molecule has 10 nitrogen and oxygen atoms in total. The molecule has 0 bridgehead atoms. The molecule has 1 aliphatic heterocycles. The number of nitrogens with two attached hydrogens (primary N) is 1. The van der Waals surface area contributed by atoms with Crippen LogP contribution in [0.4, 0.5) is 11.4 Å². The van der Waals surface area contributed by atoms with Crippen LogP contribution in [-0.4, -0.2) is 44.2 Å². The summed E-state index contributed by atoms with van der Waals surface area (Å²) in [5, 5.41) is 12.2. The molecule has 2 aromatic rings. The van der Waals surface area contributed by atoms with E-state index in [2.05, 4.69) is 0 Å². The predicted molar refractivity (Wildman–Crippen MR) is 134 cm³/mol. The van der Waals surface area contributed by atoms with Crippen LogP contribution in [0.15, 0.2) is 65.0 Å². The molecule has 0 saturated carbocycles. The summed E-state index contributed by atoms with van der Waals surface area (Å²) in [6, 6.07) is 12.0. The highest BCUT2D eigenvalue weighted by molar-refractivity contribution is 5.99. The van der Waals surface area contributed by atoms with Crippen LogP contribution < -0.4 is 15.4 Å². The summed E-state index contributed by atoms with van der Waals surface area (Å²) in [4.78, 5) is 38.2. The van der Waals surface area contributed by atoms with Gasteiger partial charge in [0.15, 0.2) is 0 Å². The number of carbonyl (C=O) groups is 2. The minimum absolute atomic E-state index is 0.00704. The second-order valence-electron chi connectivity index (χ2n) is 8.07. The second-order valence-corrected chi connectivity index (χ2v) is 8.07. The van der Waals surface area contributed by atoms with Gasteiger partial charge in [-0.15, -0.1) is 0 Å². The maximum Gasteiger partial charge on any atom is 0.335 e. The molecule has 1 aliphatic rings. The first-order valence-corrected chi connectivity index (χ1v) is 11.3. The van der Waals surface area contributed by atoms with Gasteiger partial charge >= 0.3 is 11.9 Å². The van der Waals surface area contributed by atoms with Gasteiger partial charge in [-0.2, -0.15) is 0 Å². The molecule has 0 aliphatic carbocycles. The van der Waals surface area contributed by atoms with Gasteiger partial charge in [0.1, 0.15) is 11.4 Å². The van der Waals surface area contributed by atoms with E-state index >= 15 is 0 Å². The summed E-state index contributed by atoms with van der Waals surface area (Å²) in [5.41, 5.74) is 8.08. The molecular weight excluding hydrogens is 466 g/mol. The van der Waals surface area contributed by atoms with Crippen molar-refractivity contribution in [3.63, 3.8) is 0 Å². The smallest absolute Gasteiger partial charge is 0.335 e. The average Bonchev–Trinajstić information content (AvgIpc) is 2.88. The Morgan fingerprint density at radius 2 is 1.64 bits per heavy atom. The highest BCUT2D eigenvalue weighted by atomic mass is 16.6. The number of allylic oxidation sites excluding steroid dienone is 2. The first kappa shape index (κ1) is 26.4. The van der Waals surface area contributed by atoms with Crippen LogP contribution in [0.25, 0.3) is 11.1 Å². The number of para-hydroxylation sites is 1. The normalized spacial score (nSPS) is 13.5. The van der Waals surface area contributed by atoms with Gasteiger partial charge in [-0.05, 0) is 44.5 Å². The largest absolute Gasteiger partial charge is 0.493 e. The van der Waals surface area contributed by atoms with Crippen molar-refractivity contribution in [1.82, 2.24) is 0 Å². The number of rotatable bonds is 9. The Morgan fingerprint density at radius 1 is 1.03 bits per heavy atom. The molecule has 190 valence electrons. The van der Waals surface area contributed by atoms with Crippen molar-refractivity contribution in [3.8, 4) is 16.9 Å². The van der Waals surface area contributed by atoms with Crippen molar-refractivity contribution in [2.75, 3.05) is 32.3 Å². The first-order chi connectivity index (χ1) is 17.2. The number of hydrogen-bond acceptors (Lipinski definition) is 9. The molecule has 1 heterocycles. The summed E-state index contributed by atoms with van der Waals surface area (Å²) >= 11 is 0. The number of hydrogen-bond donors (Lipinski definition) is 1. The Kier molecular flexibility index (Phi) is 8.44. The molecule has 0 spiro atoms. The van der Waals surface area contributed by atoms with Crippen LogP contribution in [0.1, 0.15) is 26.7 Å². The molecule has 0 saturated heterocycles. The highest BCUT2D eigenvalue weighted by Crippen LogP contribution is 2.42. The van der Waals surface area contributed by atoms with Gasteiger partial charge in [-0.25, -0.2) is 9.59 Å². The first-order valence-electron chi connectivity index (χ1n) is 11.3. The lowest BCUT2D eigenvalue weighted by molar-refractivity contribution is -0.384. The Bertz CT molecular complexity index is 1210. The van der Waals surface area contributed by atoms with E-state index in [1.807, 2.05) is 18.2 Å². The molecule has 0 atom stereocenters. The van der Waals surface area contributed by atoms with Crippen molar-refractivity contribution >= 4 is 23.3 Å². The van der Waals surface area contributed by atoms with E-state index in [4.69, 9.17) is 19.9 Å². The molecule has 2 aromatic carbocycles. The summed E-state index contributed by atoms with van der Waals surface area (Å²) in [7, 11) is 2.47. The summed E-state index contributed by atoms with van der Waals surface area (Å²) in [5.74, 6) is -0.678. The monoisotopic (exact) mass is 495 g/mol. The SMILES string of the molecule is COC(=O)C1=C(C)N(c2ccc(-c3ccccc3OCCCN)cc2[N+](=O)[O-])C(C)=C(C(=O)OC)C1. The third-order valence-electron chi connectivity index (χ3n) is 5.98. The maximum absolute atomic E-state index is 12.5. The Balaban J connectivity index is 2.18. The van der Waals surface area contributed by atoms with Crippen LogP contribution in [0.2, 0.25) is 0 Å². The Hall–Kier alpha value is -4.18. The number of nitrogens with zero attached hydrogens (tertiary/aromatic N) is 2. The number of anilines is 1. The van der Waals surface area contributed by atoms with Crippen molar-refractivity contribution in [2.45, 2.75) is 26.7 Å². The summed E-state index contributed by atoms with van der Waals surface area (Å²) in [6.07, 6.45) is 0.664. The Morgan fingerprint density at radius 3 is 2.19 bits per heavy atom. The van der Waals surface area contributed by atoms with E-state index in [-0.39, 0.29) is 28.9 Å². The zero-order valence-corrected chi connectivity index (χ0v) is 20.7. The van der Waals surface area contributed by atoms with E-state index in [9.17, 15) is 19.7 Å². The Labute approximate surface area is 209 Å². The molecule has 0 radical (unpaired) electrons. The molecule has 0 amide bonds. The zero-order valence-electron chi connectivity index (χ0n) is 20.7. The number of esters is 2. The van der Waals surface area contributed by atoms with E-state index in [1.165, 1.54) is 25.2 Å². The fourth-order valence-corrected chi connectivity index (χ4v) is 4.12. The molecule has 0 aromatic heterocycles. The quantitative estimate of drug-likeness (QED) is 0.236. The molecule has 3 rings (SSSR count). The van der Waals surface area contributed by atoms with Gasteiger partial charge in [-0.3, -0.25) is 10.1 Å². The van der Waals surface area contributed by atoms with Gasteiger partial charge in [-0.1, -0.05) is 24.3 Å². The molecule has 0 unspecified atom stereocenters. The van der Waals surface area contributed by atoms with Crippen molar-refractivity contribution in [1.29, 1.82) is 0 Å². The fourth-order valence-electron chi connectivity index (χ4n) is 4.12. The van der Waals surface area contributed by atoms with E-state index in [0.717, 1.165) is 0 Å². The van der Waals surface area contributed by atoms with Gasteiger partial charge in [0.2, 0.25) is 0 Å². The molecule has 10 heteroatoms. The molecule has 36 heavy (non-hydrogen) atoms. The van der Waals surface area contributed by atoms with Gasteiger partial charge in [0.25, 0.3) is 5.69 Å². The average molecular weight is 496 g/mol. The molecule has 2 N–H and O–H groups in total. The van der Waals surface area contributed by atoms with E-state index < -0.39 is 16.9 Å². The second kappa shape index (κ2) is 11.5. The topological polar surface area (TPSA) is 134 Å². The number of benzene rings is 2. The van der Waals surface area contributed by atoms with Crippen LogP contribution >= 0.6 is 0 Å². The predicted octanol–water partition coefficient (Wildman–Crippen LogP) is 4.09. The minimum Gasteiger partial charge on any atom is -0.493 e. The van der Waals surface area contributed by atoms with Crippen molar-refractivity contribution < 1.29 is 28.7 Å². The highest BCUT2D eigenvalue weighted by Gasteiger charge is 2.34. The van der Waals surface area contributed by atoms with Crippen LogP contribution in [-0.2, 0) is 19.1 Å². The lowest BCUT2D eigenvalue weighted by atomic mass is 9.95. The number of nitro groups is 1. The van der Waals surface area contributed by atoms with Gasteiger partial charge in [0.05, 0.1) is 36.9 Å². The number of carbonyl (C=O) groups excluding carboxylic acids is 2. The number of methoxy groups -OCH3 is 2. The van der Waals surface area contributed by atoms with Gasteiger partial charge in [0, 0.05) is 29.4 Å². The summed E-state index contributed by atoms with van der Waals surface area (Å²) < 4.78 is 15.6. The maximum atomic E-state index is 12.5.